The number of pyridine rings is 1. The van der Waals surface area contributed by atoms with Crippen LogP contribution >= 0.6 is 0 Å². The molecule has 4 nitrogen and oxygen atoms in total. The Morgan fingerprint density at radius 2 is 2.46 bits per heavy atom. The zero-order chi connectivity index (χ0) is 9.26. The predicted molar refractivity (Wildman–Crippen MR) is 49.6 cm³/mol. The van der Waals surface area contributed by atoms with Crippen LogP contribution in [-0.2, 0) is 6.42 Å². The van der Waals surface area contributed by atoms with Crippen LogP contribution in [0.2, 0.25) is 0 Å². The van der Waals surface area contributed by atoms with E-state index in [1.807, 2.05) is 0 Å². The topological polar surface area (TPSA) is 68.0 Å². The number of anilines is 1. The van der Waals surface area contributed by atoms with Crippen LogP contribution in [-0.4, -0.2) is 17.4 Å². The standard InChI is InChI=1S/C9H11N3O/c10-9(13)6-4-8-7(12-5-6)2-1-3-11-8/h4-5,11H,1-3H2,(H2,10,13). The van der Waals surface area contributed by atoms with Crippen LogP contribution in [0.15, 0.2) is 12.3 Å². The van der Waals surface area contributed by atoms with Crippen LogP contribution in [0.4, 0.5) is 5.69 Å². The molecule has 1 aromatic rings. The molecule has 2 heterocycles. The van der Waals surface area contributed by atoms with Crippen LogP contribution in [0.3, 0.4) is 0 Å². The molecule has 0 unspecified atom stereocenters. The Labute approximate surface area is 76.2 Å². The first-order valence-electron chi connectivity index (χ1n) is 4.30. The summed E-state index contributed by atoms with van der Waals surface area (Å²) in [7, 11) is 0. The molecule has 0 aromatic carbocycles. The molecule has 4 heteroatoms. The van der Waals surface area contributed by atoms with Gasteiger partial charge < -0.3 is 11.1 Å². The molecule has 0 bridgehead atoms. The van der Waals surface area contributed by atoms with E-state index < -0.39 is 5.91 Å². The van der Waals surface area contributed by atoms with E-state index in [1.54, 1.807) is 6.07 Å². The maximum Gasteiger partial charge on any atom is 0.250 e. The molecule has 0 aliphatic carbocycles. The summed E-state index contributed by atoms with van der Waals surface area (Å²) in [6, 6.07) is 1.77. The van der Waals surface area contributed by atoms with Crippen molar-refractivity contribution < 1.29 is 4.79 Å². The van der Waals surface area contributed by atoms with E-state index in [9.17, 15) is 4.79 Å². The molecule has 0 radical (unpaired) electrons. The lowest BCUT2D eigenvalue weighted by molar-refractivity contribution is 0.1000. The van der Waals surface area contributed by atoms with Crippen molar-refractivity contribution in [3.05, 3.63) is 23.5 Å². The Balaban J connectivity index is 2.40. The van der Waals surface area contributed by atoms with E-state index in [4.69, 9.17) is 5.73 Å². The predicted octanol–water partition coefficient (Wildman–Crippen LogP) is 0.539. The van der Waals surface area contributed by atoms with Gasteiger partial charge in [-0.15, -0.1) is 0 Å². The molecule has 2 rings (SSSR count). The average Bonchev–Trinajstić information content (AvgIpc) is 2.17. The molecule has 68 valence electrons. The van der Waals surface area contributed by atoms with Gasteiger partial charge in [-0.1, -0.05) is 0 Å². The third kappa shape index (κ3) is 1.47. The van der Waals surface area contributed by atoms with Crippen LogP contribution < -0.4 is 11.1 Å². The summed E-state index contributed by atoms with van der Waals surface area (Å²) in [5.41, 5.74) is 7.58. The number of amides is 1. The minimum Gasteiger partial charge on any atom is -0.384 e. The summed E-state index contributed by atoms with van der Waals surface area (Å²) in [6.07, 6.45) is 3.60. The largest absolute Gasteiger partial charge is 0.384 e. The number of rotatable bonds is 1. The lowest BCUT2D eigenvalue weighted by Gasteiger charge is -2.16. The van der Waals surface area contributed by atoms with Gasteiger partial charge in [-0.3, -0.25) is 9.78 Å². The zero-order valence-electron chi connectivity index (χ0n) is 7.21. The van der Waals surface area contributed by atoms with Crippen molar-refractivity contribution in [1.29, 1.82) is 0 Å². The number of primary amides is 1. The highest BCUT2D eigenvalue weighted by Crippen LogP contribution is 2.20. The molecule has 1 amide bonds. The normalized spacial score (nSPS) is 14.5. The summed E-state index contributed by atoms with van der Waals surface area (Å²) >= 11 is 0. The van der Waals surface area contributed by atoms with Crippen molar-refractivity contribution in [1.82, 2.24) is 4.98 Å². The molecule has 0 spiro atoms. The van der Waals surface area contributed by atoms with E-state index in [-0.39, 0.29) is 0 Å². The van der Waals surface area contributed by atoms with Crippen LogP contribution in [0.25, 0.3) is 0 Å². The molecular formula is C9H11N3O. The lowest BCUT2D eigenvalue weighted by Crippen LogP contribution is -2.16. The van der Waals surface area contributed by atoms with Gasteiger partial charge in [0.25, 0.3) is 0 Å². The van der Waals surface area contributed by atoms with Crippen molar-refractivity contribution in [3.8, 4) is 0 Å². The maximum atomic E-state index is 10.8. The van der Waals surface area contributed by atoms with Gasteiger partial charge in [0, 0.05) is 12.7 Å². The van der Waals surface area contributed by atoms with Crippen molar-refractivity contribution in [2.75, 3.05) is 11.9 Å². The molecule has 1 aliphatic rings. The Bertz CT molecular complexity index is 349. The van der Waals surface area contributed by atoms with Crippen LogP contribution in [0.5, 0.6) is 0 Å². The number of aromatic nitrogens is 1. The summed E-state index contributed by atoms with van der Waals surface area (Å²) in [5.74, 6) is -0.428. The highest BCUT2D eigenvalue weighted by atomic mass is 16.1. The third-order valence-electron chi connectivity index (χ3n) is 2.16. The number of nitrogens with one attached hydrogen (secondary N) is 1. The third-order valence-corrected chi connectivity index (χ3v) is 2.16. The molecule has 0 fully saturated rings. The lowest BCUT2D eigenvalue weighted by atomic mass is 10.1. The maximum absolute atomic E-state index is 10.8. The van der Waals surface area contributed by atoms with E-state index in [1.165, 1.54) is 6.20 Å². The Morgan fingerprint density at radius 1 is 1.62 bits per heavy atom. The number of hydrogen-bond acceptors (Lipinski definition) is 3. The van der Waals surface area contributed by atoms with E-state index >= 15 is 0 Å². The minimum absolute atomic E-state index is 0.428. The quantitative estimate of drug-likeness (QED) is 0.657. The Kier molecular flexibility index (Phi) is 1.88. The molecule has 0 saturated carbocycles. The number of nitrogens with two attached hydrogens (primary N) is 1. The van der Waals surface area contributed by atoms with E-state index in [0.29, 0.717) is 5.56 Å². The van der Waals surface area contributed by atoms with Gasteiger partial charge in [0.2, 0.25) is 5.91 Å². The second-order valence-electron chi connectivity index (χ2n) is 3.11. The van der Waals surface area contributed by atoms with Gasteiger partial charge >= 0.3 is 0 Å². The smallest absolute Gasteiger partial charge is 0.250 e. The summed E-state index contributed by atoms with van der Waals surface area (Å²) in [6.45, 7) is 0.941. The SMILES string of the molecule is NC(=O)c1cnc2c(c1)NCCC2. The van der Waals surface area contributed by atoms with Crippen molar-refractivity contribution in [3.63, 3.8) is 0 Å². The summed E-state index contributed by atoms with van der Waals surface area (Å²) in [4.78, 5) is 15.0. The second-order valence-corrected chi connectivity index (χ2v) is 3.11. The van der Waals surface area contributed by atoms with Gasteiger partial charge in [0.05, 0.1) is 16.9 Å². The van der Waals surface area contributed by atoms with E-state index in [2.05, 4.69) is 10.3 Å². The summed E-state index contributed by atoms with van der Waals surface area (Å²) < 4.78 is 0. The first-order valence-corrected chi connectivity index (χ1v) is 4.30. The van der Waals surface area contributed by atoms with Crippen molar-refractivity contribution >= 4 is 11.6 Å². The fourth-order valence-corrected chi connectivity index (χ4v) is 1.46. The van der Waals surface area contributed by atoms with Gasteiger partial charge in [-0.25, -0.2) is 0 Å². The monoisotopic (exact) mass is 177 g/mol. The van der Waals surface area contributed by atoms with Gasteiger partial charge in [0.15, 0.2) is 0 Å². The number of fused-ring (bicyclic) bond motifs is 1. The highest BCUT2D eigenvalue weighted by molar-refractivity contribution is 5.93. The van der Waals surface area contributed by atoms with E-state index in [0.717, 1.165) is 30.8 Å². The average molecular weight is 177 g/mol. The molecule has 0 atom stereocenters. The highest BCUT2D eigenvalue weighted by Gasteiger charge is 2.11. The minimum atomic E-state index is -0.428. The first kappa shape index (κ1) is 8.04. The fraction of sp³-hybridized carbons (Fsp3) is 0.333. The fourth-order valence-electron chi connectivity index (χ4n) is 1.46. The molecule has 1 aromatic heterocycles. The van der Waals surface area contributed by atoms with Gasteiger partial charge in [-0.05, 0) is 18.9 Å². The van der Waals surface area contributed by atoms with Crippen molar-refractivity contribution in [2.24, 2.45) is 5.73 Å². The zero-order valence-corrected chi connectivity index (χ0v) is 7.21. The molecular weight excluding hydrogens is 166 g/mol. The van der Waals surface area contributed by atoms with Gasteiger partial charge in [0.1, 0.15) is 0 Å². The Morgan fingerprint density at radius 3 is 3.23 bits per heavy atom. The number of aryl methyl sites for hydroxylation is 1. The van der Waals surface area contributed by atoms with Crippen molar-refractivity contribution in [2.45, 2.75) is 12.8 Å². The van der Waals surface area contributed by atoms with Crippen LogP contribution in [0, 0.1) is 0 Å². The first-order chi connectivity index (χ1) is 6.27. The number of carbonyl (C=O) groups excluding carboxylic acids is 1. The molecule has 1 aliphatic heterocycles. The number of hydrogen-bond donors (Lipinski definition) is 2. The van der Waals surface area contributed by atoms with Gasteiger partial charge in [-0.2, -0.15) is 0 Å². The number of carbonyl (C=O) groups is 1. The summed E-state index contributed by atoms with van der Waals surface area (Å²) in [5, 5.41) is 3.19. The Hall–Kier alpha value is -1.58. The second kappa shape index (κ2) is 3.05. The molecule has 0 saturated heterocycles. The van der Waals surface area contributed by atoms with Crippen LogP contribution in [0.1, 0.15) is 22.5 Å². The molecule has 3 N–H and O–H groups in total. The molecule has 13 heavy (non-hydrogen) atoms. The number of nitrogens with zero attached hydrogens (tertiary/aromatic N) is 1.